The molecule has 0 spiro atoms. The van der Waals surface area contributed by atoms with Crippen LogP contribution in [0.3, 0.4) is 0 Å². The molecule has 5 heteroatoms. The van der Waals surface area contributed by atoms with Gasteiger partial charge in [-0.3, -0.25) is 0 Å². The minimum atomic E-state index is 0.199. The molecule has 0 amide bonds. The first kappa shape index (κ1) is 16.6. The van der Waals surface area contributed by atoms with Crippen LogP contribution in [0.5, 0.6) is 5.75 Å². The molecule has 0 aliphatic carbocycles. The van der Waals surface area contributed by atoms with Gasteiger partial charge in [0.05, 0.1) is 18.8 Å². The summed E-state index contributed by atoms with van der Waals surface area (Å²) in [5, 5.41) is 4.03. The Morgan fingerprint density at radius 3 is 2.95 bits per heavy atom. The van der Waals surface area contributed by atoms with Crippen molar-refractivity contribution in [2.24, 2.45) is 0 Å². The molecule has 1 aliphatic heterocycles. The summed E-state index contributed by atoms with van der Waals surface area (Å²) in [6.45, 7) is 4.89. The van der Waals surface area contributed by atoms with Gasteiger partial charge in [0, 0.05) is 30.8 Å². The minimum Gasteiger partial charge on any atom is -0.491 e. The lowest BCUT2D eigenvalue weighted by atomic mass is 10.2. The van der Waals surface area contributed by atoms with E-state index in [1.165, 1.54) is 0 Å². The first-order valence-corrected chi connectivity index (χ1v) is 7.83. The summed E-state index contributed by atoms with van der Waals surface area (Å²) in [6, 6.07) is 5.72. The van der Waals surface area contributed by atoms with Gasteiger partial charge in [0.1, 0.15) is 12.4 Å². The first-order chi connectivity index (χ1) is 10.2. The molecule has 118 valence electrons. The van der Waals surface area contributed by atoms with Crippen molar-refractivity contribution in [3.8, 4) is 5.75 Å². The SMILES string of the molecule is COCCNCc1cc(Cl)ccc1OCC1CCC(C)O1. The van der Waals surface area contributed by atoms with Crippen molar-refractivity contribution in [2.75, 3.05) is 26.9 Å². The van der Waals surface area contributed by atoms with Crippen LogP contribution in [-0.4, -0.2) is 39.1 Å². The third-order valence-electron chi connectivity index (χ3n) is 3.57. The molecule has 0 radical (unpaired) electrons. The Labute approximate surface area is 131 Å². The van der Waals surface area contributed by atoms with Crippen molar-refractivity contribution in [2.45, 2.75) is 38.5 Å². The van der Waals surface area contributed by atoms with Gasteiger partial charge in [-0.15, -0.1) is 0 Å². The van der Waals surface area contributed by atoms with Crippen molar-refractivity contribution in [3.63, 3.8) is 0 Å². The zero-order chi connectivity index (χ0) is 15.1. The molecule has 0 bridgehead atoms. The molecule has 1 aliphatic rings. The second kappa shape index (κ2) is 8.59. The predicted molar refractivity (Wildman–Crippen MR) is 84.1 cm³/mol. The second-order valence-electron chi connectivity index (χ2n) is 5.38. The van der Waals surface area contributed by atoms with Gasteiger partial charge in [-0.2, -0.15) is 0 Å². The summed E-state index contributed by atoms with van der Waals surface area (Å²) in [5.74, 6) is 0.868. The summed E-state index contributed by atoms with van der Waals surface area (Å²) >= 11 is 6.07. The first-order valence-electron chi connectivity index (χ1n) is 7.45. The maximum Gasteiger partial charge on any atom is 0.124 e. The number of ether oxygens (including phenoxy) is 3. The standard InChI is InChI=1S/C16H24ClNO3/c1-12-3-5-15(21-12)11-20-16-6-4-14(17)9-13(16)10-18-7-8-19-2/h4,6,9,12,15,18H,3,5,7-8,10-11H2,1-2H3. The normalized spacial score (nSPS) is 21.7. The van der Waals surface area contributed by atoms with E-state index in [1.807, 2.05) is 18.2 Å². The van der Waals surface area contributed by atoms with E-state index in [-0.39, 0.29) is 6.10 Å². The Kier molecular flexibility index (Phi) is 6.77. The van der Waals surface area contributed by atoms with E-state index in [0.717, 1.165) is 35.7 Å². The number of nitrogens with one attached hydrogen (secondary N) is 1. The highest BCUT2D eigenvalue weighted by Crippen LogP contribution is 2.25. The van der Waals surface area contributed by atoms with Gasteiger partial charge in [0.2, 0.25) is 0 Å². The van der Waals surface area contributed by atoms with Crippen molar-refractivity contribution in [3.05, 3.63) is 28.8 Å². The summed E-state index contributed by atoms with van der Waals surface area (Å²) < 4.78 is 16.7. The van der Waals surface area contributed by atoms with Crippen LogP contribution in [-0.2, 0) is 16.0 Å². The molecule has 2 rings (SSSR count). The lowest BCUT2D eigenvalue weighted by Crippen LogP contribution is -2.21. The van der Waals surface area contributed by atoms with Crippen molar-refractivity contribution >= 4 is 11.6 Å². The van der Waals surface area contributed by atoms with E-state index in [4.69, 9.17) is 25.8 Å². The van der Waals surface area contributed by atoms with Crippen LogP contribution in [0, 0.1) is 0 Å². The minimum absolute atomic E-state index is 0.199. The van der Waals surface area contributed by atoms with Gasteiger partial charge in [0.15, 0.2) is 0 Å². The molecule has 1 heterocycles. The molecule has 1 aromatic carbocycles. The Balaban J connectivity index is 1.88. The average Bonchev–Trinajstić information content (AvgIpc) is 2.88. The highest BCUT2D eigenvalue weighted by atomic mass is 35.5. The van der Waals surface area contributed by atoms with Gasteiger partial charge in [-0.1, -0.05) is 11.6 Å². The average molecular weight is 314 g/mol. The number of halogens is 1. The van der Waals surface area contributed by atoms with E-state index in [2.05, 4.69) is 12.2 Å². The van der Waals surface area contributed by atoms with Crippen LogP contribution in [0.1, 0.15) is 25.3 Å². The highest BCUT2D eigenvalue weighted by molar-refractivity contribution is 6.30. The molecule has 1 aromatic rings. The molecule has 2 unspecified atom stereocenters. The molecular weight excluding hydrogens is 290 g/mol. The van der Waals surface area contributed by atoms with E-state index in [9.17, 15) is 0 Å². The van der Waals surface area contributed by atoms with Crippen LogP contribution in [0.4, 0.5) is 0 Å². The zero-order valence-electron chi connectivity index (χ0n) is 12.7. The van der Waals surface area contributed by atoms with Crippen LogP contribution >= 0.6 is 11.6 Å². The van der Waals surface area contributed by atoms with Gasteiger partial charge in [0.25, 0.3) is 0 Å². The Hall–Kier alpha value is -0.810. The van der Waals surface area contributed by atoms with Crippen molar-refractivity contribution in [1.82, 2.24) is 5.32 Å². The Bertz CT molecular complexity index is 442. The number of hydrogen-bond donors (Lipinski definition) is 1. The summed E-state index contributed by atoms with van der Waals surface area (Å²) in [4.78, 5) is 0. The number of rotatable bonds is 8. The summed E-state index contributed by atoms with van der Waals surface area (Å²) in [5.41, 5.74) is 1.06. The molecular formula is C16H24ClNO3. The molecule has 0 saturated carbocycles. The second-order valence-corrected chi connectivity index (χ2v) is 5.82. The fourth-order valence-electron chi connectivity index (χ4n) is 2.41. The smallest absolute Gasteiger partial charge is 0.124 e. The van der Waals surface area contributed by atoms with Crippen LogP contribution < -0.4 is 10.1 Å². The van der Waals surface area contributed by atoms with E-state index < -0.39 is 0 Å². The topological polar surface area (TPSA) is 39.7 Å². The van der Waals surface area contributed by atoms with Gasteiger partial charge < -0.3 is 19.5 Å². The Morgan fingerprint density at radius 2 is 2.24 bits per heavy atom. The van der Waals surface area contributed by atoms with E-state index in [1.54, 1.807) is 7.11 Å². The zero-order valence-corrected chi connectivity index (χ0v) is 13.5. The predicted octanol–water partition coefficient (Wildman–Crippen LogP) is 3.02. The van der Waals surface area contributed by atoms with Gasteiger partial charge in [-0.05, 0) is 38.0 Å². The third-order valence-corrected chi connectivity index (χ3v) is 3.80. The molecule has 4 nitrogen and oxygen atoms in total. The number of methoxy groups -OCH3 is 1. The van der Waals surface area contributed by atoms with E-state index in [0.29, 0.717) is 25.9 Å². The van der Waals surface area contributed by atoms with Crippen molar-refractivity contribution in [1.29, 1.82) is 0 Å². The molecule has 0 aromatic heterocycles. The number of hydrogen-bond acceptors (Lipinski definition) is 4. The van der Waals surface area contributed by atoms with Crippen LogP contribution in [0.15, 0.2) is 18.2 Å². The highest BCUT2D eigenvalue weighted by Gasteiger charge is 2.22. The van der Waals surface area contributed by atoms with Crippen LogP contribution in [0.25, 0.3) is 0 Å². The molecule has 21 heavy (non-hydrogen) atoms. The molecule has 1 N–H and O–H groups in total. The summed E-state index contributed by atoms with van der Waals surface area (Å²) in [7, 11) is 1.69. The third kappa shape index (κ3) is 5.47. The van der Waals surface area contributed by atoms with Gasteiger partial charge in [-0.25, -0.2) is 0 Å². The fraction of sp³-hybridized carbons (Fsp3) is 0.625. The fourth-order valence-corrected chi connectivity index (χ4v) is 2.61. The van der Waals surface area contributed by atoms with Gasteiger partial charge >= 0.3 is 0 Å². The molecule has 1 saturated heterocycles. The van der Waals surface area contributed by atoms with Crippen LogP contribution in [0.2, 0.25) is 5.02 Å². The maximum atomic E-state index is 6.07. The summed E-state index contributed by atoms with van der Waals surface area (Å²) in [6.07, 6.45) is 2.72. The lowest BCUT2D eigenvalue weighted by Gasteiger charge is -2.16. The Morgan fingerprint density at radius 1 is 1.38 bits per heavy atom. The van der Waals surface area contributed by atoms with Crippen molar-refractivity contribution < 1.29 is 14.2 Å². The van der Waals surface area contributed by atoms with E-state index >= 15 is 0 Å². The maximum absolute atomic E-state index is 6.07. The molecule has 1 fully saturated rings. The largest absolute Gasteiger partial charge is 0.491 e. The molecule has 2 atom stereocenters. The lowest BCUT2D eigenvalue weighted by molar-refractivity contribution is 0.0262. The number of benzene rings is 1. The monoisotopic (exact) mass is 313 g/mol. The quantitative estimate of drug-likeness (QED) is 0.749.